The van der Waals surface area contributed by atoms with Gasteiger partial charge < -0.3 is 0 Å². The molecule has 1 saturated heterocycles. The molecule has 5 nitrogen and oxygen atoms in total. The number of rotatable bonds is 3. The highest BCUT2D eigenvalue weighted by Crippen LogP contribution is 2.43. The number of piperidine rings is 1. The van der Waals surface area contributed by atoms with Crippen molar-refractivity contribution in [3.8, 4) is 6.07 Å². The van der Waals surface area contributed by atoms with Crippen LogP contribution in [-0.2, 0) is 5.41 Å². The first-order valence-corrected chi connectivity index (χ1v) is 11.2. The Morgan fingerprint density at radius 2 is 1.94 bits per heavy atom. The predicted molar refractivity (Wildman–Crippen MR) is 112 cm³/mol. The number of fused-ring (bicyclic) bond motifs is 1. The van der Waals surface area contributed by atoms with Crippen LogP contribution in [0.15, 0.2) is 6.07 Å². The lowest BCUT2D eigenvalue weighted by atomic mass is 9.77. The molecule has 0 bridgehead atoms. The molecule has 168 valence electrons. The summed E-state index contributed by atoms with van der Waals surface area (Å²) in [6.45, 7) is 8.41. The van der Waals surface area contributed by atoms with Crippen LogP contribution in [0.25, 0.3) is 5.65 Å². The van der Waals surface area contributed by atoms with Gasteiger partial charge in [-0.3, -0.25) is 4.90 Å². The molecule has 1 saturated carbocycles. The highest BCUT2D eigenvalue weighted by Gasteiger charge is 2.42. The van der Waals surface area contributed by atoms with Crippen LogP contribution in [-0.4, -0.2) is 45.3 Å². The van der Waals surface area contributed by atoms with Gasteiger partial charge in [-0.05, 0) is 64.5 Å². The second-order valence-corrected chi connectivity index (χ2v) is 9.63. The molecule has 0 amide bonds. The molecule has 0 spiro atoms. The first-order valence-electron chi connectivity index (χ1n) is 11.2. The van der Waals surface area contributed by atoms with E-state index in [0.717, 1.165) is 54.2 Å². The fourth-order valence-corrected chi connectivity index (χ4v) is 5.62. The van der Waals surface area contributed by atoms with E-state index >= 15 is 0 Å². The maximum Gasteiger partial charge on any atom is 0.391 e. The van der Waals surface area contributed by atoms with Gasteiger partial charge in [0.15, 0.2) is 5.65 Å². The molecule has 0 aromatic carbocycles. The van der Waals surface area contributed by atoms with Crippen molar-refractivity contribution >= 4 is 5.65 Å². The van der Waals surface area contributed by atoms with Gasteiger partial charge >= 0.3 is 6.18 Å². The van der Waals surface area contributed by atoms with Crippen LogP contribution in [0.1, 0.15) is 74.0 Å². The molecule has 0 N–H and O–H groups in total. The molecule has 31 heavy (non-hydrogen) atoms. The van der Waals surface area contributed by atoms with Crippen molar-refractivity contribution in [2.75, 3.05) is 19.6 Å². The van der Waals surface area contributed by atoms with Crippen molar-refractivity contribution in [2.45, 2.75) is 76.8 Å². The van der Waals surface area contributed by atoms with Crippen LogP contribution < -0.4 is 0 Å². The Morgan fingerprint density at radius 1 is 1.23 bits per heavy atom. The number of aromatic nitrogens is 3. The van der Waals surface area contributed by atoms with Gasteiger partial charge in [-0.1, -0.05) is 6.92 Å². The quantitative estimate of drug-likeness (QED) is 0.635. The van der Waals surface area contributed by atoms with E-state index in [1.165, 1.54) is 0 Å². The van der Waals surface area contributed by atoms with Gasteiger partial charge in [0.1, 0.15) is 0 Å². The molecule has 1 aliphatic heterocycles. The van der Waals surface area contributed by atoms with E-state index in [-0.39, 0.29) is 24.2 Å². The van der Waals surface area contributed by atoms with Gasteiger partial charge in [0, 0.05) is 29.6 Å². The monoisotopic (exact) mass is 433 g/mol. The number of alkyl halides is 3. The summed E-state index contributed by atoms with van der Waals surface area (Å²) < 4.78 is 41.1. The molecule has 3 heterocycles. The lowest BCUT2D eigenvalue weighted by Crippen LogP contribution is -2.46. The van der Waals surface area contributed by atoms with Crippen LogP contribution >= 0.6 is 0 Å². The standard InChI is InChI=1S/C23H30F3N5/c1-15-16(2)28-20-13-19(17-5-7-18(8-6-17)23(24,25)26)29-31(20)21(15)22(3)9-4-11-30(14-22)12-10-27/h13,17-18H,4-9,11-12,14H2,1-3H3/t17?,18?,22-/m1/s1. The van der Waals surface area contributed by atoms with E-state index in [9.17, 15) is 13.2 Å². The first-order chi connectivity index (χ1) is 14.6. The van der Waals surface area contributed by atoms with E-state index in [2.05, 4.69) is 24.8 Å². The molecule has 2 fully saturated rings. The predicted octanol–water partition coefficient (Wildman–Crippen LogP) is 5.06. The number of aryl methyl sites for hydroxylation is 1. The number of halogens is 3. The Hall–Kier alpha value is -2.14. The van der Waals surface area contributed by atoms with Crippen LogP contribution in [0, 0.1) is 31.1 Å². The molecule has 4 rings (SSSR count). The zero-order chi connectivity index (χ0) is 22.4. The van der Waals surface area contributed by atoms with Gasteiger partial charge in [-0.2, -0.15) is 23.5 Å². The second-order valence-electron chi connectivity index (χ2n) is 9.63. The molecule has 2 aromatic rings. The van der Waals surface area contributed by atoms with Gasteiger partial charge in [0.2, 0.25) is 0 Å². The van der Waals surface area contributed by atoms with Crippen molar-refractivity contribution in [3.05, 3.63) is 28.7 Å². The molecular weight excluding hydrogens is 403 g/mol. The number of nitrogens with zero attached hydrogens (tertiary/aromatic N) is 5. The highest BCUT2D eigenvalue weighted by molar-refractivity contribution is 5.47. The third kappa shape index (κ3) is 4.17. The summed E-state index contributed by atoms with van der Waals surface area (Å²) in [5, 5.41) is 14.1. The molecule has 8 heteroatoms. The van der Waals surface area contributed by atoms with Crippen molar-refractivity contribution in [3.63, 3.8) is 0 Å². The summed E-state index contributed by atoms with van der Waals surface area (Å²) in [6.07, 6.45) is -0.737. The Balaban J connectivity index is 1.69. The lowest BCUT2D eigenvalue weighted by Gasteiger charge is -2.40. The Kier molecular flexibility index (Phi) is 5.76. The van der Waals surface area contributed by atoms with E-state index in [1.54, 1.807) is 0 Å². The summed E-state index contributed by atoms with van der Waals surface area (Å²) in [5.74, 6) is -1.14. The van der Waals surface area contributed by atoms with E-state index in [0.29, 0.717) is 19.4 Å². The van der Waals surface area contributed by atoms with Gasteiger partial charge in [0.25, 0.3) is 0 Å². The normalized spacial score (nSPS) is 28.0. The van der Waals surface area contributed by atoms with Crippen LogP contribution in [0.2, 0.25) is 0 Å². The lowest BCUT2D eigenvalue weighted by molar-refractivity contribution is -0.182. The molecule has 2 aromatic heterocycles. The zero-order valence-electron chi connectivity index (χ0n) is 18.5. The topological polar surface area (TPSA) is 57.2 Å². The SMILES string of the molecule is Cc1nc2cc(C3CCC(C(F)(F)F)CC3)nn2c([C@]2(C)CCCN(CC#N)C2)c1C. The van der Waals surface area contributed by atoms with Crippen LogP contribution in [0.5, 0.6) is 0 Å². The summed E-state index contributed by atoms with van der Waals surface area (Å²) in [6, 6.07) is 4.23. The summed E-state index contributed by atoms with van der Waals surface area (Å²) >= 11 is 0. The van der Waals surface area contributed by atoms with E-state index in [4.69, 9.17) is 15.3 Å². The zero-order valence-corrected chi connectivity index (χ0v) is 18.5. The number of hydrogen-bond acceptors (Lipinski definition) is 4. The average Bonchev–Trinajstić information content (AvgIpc) is 3.11. The van der Waals surface area contributed by atoms with E-state index in [1.807, 2.05) is 17.5 Å². The number of likely N-dealkylation sites (tertiary alicyclic amines) is 1. The fourth-order valence-electron chi connectivity index (χ4n) is 5.62. The van der Waals surface area contributed by atoms with Crippen molar-refractivity contribution in [1.82, 2.24) is 19.5 Å². The maximum atomic E-state index is 13.1. The number of hydrogen-bond donors (Lipinski definition) is 0. The smallest absolute Gasteiger partial charge is 0.290 e. The maximum absolute atomic E-state index is 13.1. The van der Waals surface area contributed by atoms with Gasteiger partial charge in [0.05, 0.1) is 29.9 Å². The molecule has 0 unspecified atom stereocenters. The third-order valence-electron chi connectivity index (χ3n) is 7.35. The average molecular weight is 434 g/mol. The summed E-state index contributed by atoms with van der Waals surface area (Å²) in [7, 11) is 0. The molecule has 1 atom stereocenters. The van der Waals surface area contributed by atoms with Crippen LogP contribution in [0.4, 0.5) is 13.2 Å². The second kappa shape index (κ2) is 8.09. The minimum atomic E-state index is -4.10. The van der Waals surface area contributed by atoms with Crippen molar-refractivity contribution in [1.29, 1.82) is 5.26 Å². The van der Waals surface area contributed by atoms with Crippen LogP contribution in [0.3, 0.4) is 0 Å². The number of nitriles is 1. The summed E-state index contributed by atoms with van der Waals surface area (Å²) in [5.41, 5.74) is 4.63. The third-order valence-corrected chi connectivity index (χ3v) is 7.35. The molecule has 0 radical (unpaired) electrons. The molecular formula is C23H30F3N5. The Labute approximate surface area is 181 Å². The highest BCUT2D eigenvalue weighted by atomic mass is 19.4. The largest absolute Gasteiger partial charge is 0.391 e. The van der Waals surface area contributed by atoms with Crippen molar-refractivity contribution < 1.29 is 13.2 Å². The summed E-state index contributed by atoms with van der Waals surface area (Å²) in [4.78, 5) is 6.93. The molecule has 2 aliphatic rings. The minimum Gasteiger partial charge on any atom is -0.290 e. The fraction of sp³-hybridized carbons (Fsp3) is 0.696. The minimum absolute atomic E-state index is 0.0445. The Bertz CT molecular complexity index is 997. The van der Waals surface area contributed by atoms with E-state index < -0.39 is 12.1 Å². The van der Waals surface area contributed by atoms with Gasteiger partial charge in [-0.25, -0.2) is 9.50 Å². The Morgan fingerprint density at radius 3 is 2.58 bits per heavy atom. The van der Waals surface area contributed by atoms with Crippen molar-refractivity contribution in [2.24, 2.45) is 5.92 Å². The first kappa shape index (κ1) is 22.1. The molecule has 1 aliphatic carbocycles. The van der Waals surface area contributed by atoms with Gasteiger partial charge in [-0.15, -0.1) is 0 Å².